The summed E-state index contributed by atoms with van der Waals surface area (Å²) < 4.78 is 11.1. The molecule has 2 aromatic rings. The molecule has 1 saturated heterocycles. The van der Waals surface area contributed by atoms with Crippen LogP contribution in [0.4, 0.5) is 0 Å². The molecule has 1 amide bonds. The normalized spacial score (nSPS) is 20.2. The summed E-state index contributed by atoms with van der Waals surface area (Å²) in [5.74, 6) is 1.18. The second-order valence-corrected chi connectivity index (χ2v) is 6.03. The Labute approximate surface area is 141 Å². The summed E-state index contributed by atoms with van der Waals surface area (Å²) in [5.41, 5.74) is 5.78. The first-order valence-corrected chi connectivity index (χ1v) is 7.42. The number of benzene rings is 1. The van der Waals surface area contributed by atoms with E-state index in [1.807, 2.05) is 30.3 Å². The first kappa shape index (κ1) is 17.4. The van der Waals surface area contributed by atoms with E-state index in [9.17, 15) is 4.79 Å². The number of ether oxygens (including phenoxy) is 1. The fourth-order valence-corrected chi connectivity index (χ4v) is 2.61. The molecule has 2 N–H and O–H groups in total. The highest BCUT2D eigenvalue weighted by atomic mass is 35.5. The summed E-state index contributed by atoms with van der Waals surface area (Å²) in [4.78, 5) is 14.2. The maximum absolute atomic E-state index is 12.5. The van der Waals surface area contributed by atoms with E-state index >= 15 is 0 Å². The Morgan fingerprint density at radius 3 is 2.70 bits per heavy atom. The number of furan rings is 1. The fourth-order valence-electron chi connectivity index (χ4n) is 2.61. The van der Waals surface area contributed by atoms with Gasteiger partial charge in [-0.25, -0.2) is 0 Å². The summed E-state index contributed by atoms with van der Waals surface area (Å²) in [6.07, 6.45) is 0.920. The lowest BCUT2D eigenvalue weighted by atomic mass is 9.90. The highest BCUT2D eigenvalue weighted by molar-refractivity contribution is 5.91. The van der Waals surface area contributed by atoms with Crippen LogP contribution in [-0.2, 0) is 0 Å². The molecule has 5 nitrogen and oxygen atoms in total. The molecule has 1 aromatic heterocycles. The van der Waals surface area contributed by atoms with Gasteiger partial charge in [-0.3, -0.25) is 4.79 Å². The zero-order valence-corrected chi connectivity index (χ0v) is 13.8. The highest BCUT2D eigenvalue weighted by Gasteiger charge is 2.36. The van der Waals surface area contributed by atoms with E-state index in [2.05, 4.69) is 6.92 Å². The molecule has 1 atom stereocenters. The number of carbonyl (C=O) groups is 1. The van der Waals surface area contributed by atoms with Gasteiger partial charge in [0.2, 0.25) is 0 Å². The number of rotatable bonds is 4. The molecule has 0 radical (unpaired) electrons. The van der Waals surface area contributed by atoms with E-state index < -0.39 is 0 Å². The molecule has 3 rings (SSSR count). The van der Waals surface area contributed by atoms with Gasteiger partial charge in [-0.2, -0.15) is 0 Å². The third-order valence-corrected chi connectivity index (χ3v) is 4.09. The molecule has 0 spiro atoms. The molecule has 1 unspecified atom stereocenters. The monoisotopic (exact) mass is 336 g/mol. The van der Waals surface area contributed by atoms with E-state index in [1.165, 1.54) is 0 Å². The van der Waals surface area contributed by atoms with Gasteiger partial charge in [0.05, 0.1) is 0 Å². The van der Waals surface area contributed by atoms with Crippen LogP contribution in [0.15, 0.2) is 46.9 Å². The van der Waals surface area contributed by atoms with Gasteiger partial charge in [-0.05, 0) is 36.6 Å². The third-order valence-electron chi connectivity index (χ3n) is 4.09. The van der Waals surface area contributed by atoms with Crippen molar-refractivity contribution >= 4 is 18.3 Å². The number of hydrogen-bond acceptors (Lipinski definition) is 4. The maximum Gasteiger partial charge on any atom is 0.290 e. The van der Waals surface area contributed by atoms with Crippen molar-refractivity contribution in [1.29, 1.82) is 0 Å². The number of nitrogens with two attached hydrogens (primary N) is 1. The summed E-state index contributed by atoms with van der Waals surface area (Å²) in [5, 5.41) is 0. The van der Waals surface area contributed by atoms with Gasteiger partial charge in [0, 0.05) is 19.2 Å². The van der Waals surface area contributed by atoms with Crippen LogP contribution in [-0.4, -0.2) is 30.4 Å². The summed E-state index contributed by atoms with van der Waals surface area (Å²) >= 11 is 0. The predicted molar refractivity (Wildman–Crippen MR) is 90.2 cm³/mol. The Hall–Kier alpha value is -1.98. The zero-order valence-electron chi connectivity index (χ0n) is 13.0. The molecule has 6 heteroatoms. The average Bonchev–Trinajstić information content (AvgIpc) is 3.15. The third kappa shape index (κ3) is 3.86. The molecule has 0 bridgehead atoms. The van der Waals surface area contributed by atoms with Crippen molar-refractivity contribution in [3.63, 3.8) is 0 Å². The van der Waals surface area contributed by atoms with Gasteiger partial charge in [0.1, 0.15) is 5.75 Å². The Balaban J connectivity index is 0.00000192. The summed E-state index contributed by atoms with van der Waals surface area (Å²) in [7, 11) is 0. The van der Waals surface area contributed by atoms with Crippen LogP contribution in [0, 0.1) is 5.41 Å². The van der Waals surface area contributed by atoms with E-state index in [4.69, 9.17) is 14.9 Å². The van der Waals surface area contributed by atoms with E-state index in [1.54, 1.807) is 17.0 Å². The molecule has 0 aliphatic carbocycles. The van der Waals surface area contributed by atoms with Crippen LogP contribution in [0.1, 0.15) is 23.9 Å². The standard InChI is InChI=1S/C17H20N2O3.ClH/c1-17(11-18)9-10-19(12-17)16(20)14-7-8-15(22-14)21-13-5-3-2-4-6-13;/h2-8H,9-12,18H2,1H3;1H. The first-order chi connectivity index (χ1) is 10.6. The number of hydrogen-bond donors (Lipinski definition) is 1. The minimum atomic E-state index is -0.111. The molecule has 124 valence electrons. The van der Waals surface area contributed by atoms with Crippen molar-refractivity contribution < 1.29 is 13.9 Å². The minimum Gasteiger partial charge on any atom is -0.426 e. The lowest BCUT2D eigenvalue weighted by Crippen LogP contribution is -2.34. The topological polar surface area (TPSA) is 68.7 Å². The number of halogens is 1. The Kier molecular flexibility index (Phi) is 5.34. The Morgan fingerprint density at radius 2 is 2.04 bits per heavy atom. The van der Waals surface area contributed by atoms with Gasteiger partial charge in [0.15, 0.2) is 5.76 Å². The van der Waals surface area contributed by atoms with Crippen molar-refractivity contribution in [2.24, 2.45) is 11.1 Å². The van der Waals surface area contributed by atoms with E-state index in [-0.39, 0.29) is 23.7 Å². The van der Waals surface area contributed by atoms with Crippen LogP contribution in [0.25, 0.3) is 0 Å². The van der Waals surface area contributed by atoms with E-state index in [0.29, 0.717) is 37.1 Å². The van der Waals surface area contributed by atoms with Crippen molar-refractivity contribution in [1.82, 2.24) is 4.90 Å². The second kappa shape index (κ2) is 7.06. The largest absolute Gasteiger partial charge is 0.426 e. The molecule has 2 heterocycles. The first-order valence-electron chi connectivity index (χ1n) is 7.42. The number of carbonyl (C=O) groups excluding carboxylic acids is 1. The van der Waals surface area contributed by atoms with Crippen LogP contribution >= 0.6 is 12.4 Å². The van der Waals surface area contributed by atoms with Crippen molar-refractivity contribution in [3.05, 3.63) is 48.2 Å². The van der Waals surface area contributed by atoms with Crippen molar-refractivity contribution in [2.75, 3.05) is 19.6 Å². The van der Waals surface area contributed by atoms with Crippen molar-refractivity contribution in [3.8, 4) is 11.7 Å². The van der Waals surface area contributed by atoms with Crippen LogP contribution < -0.4 is 10.5 Å². The quantitative estimate of drug-likeness (QED) is 0.930. The number of amides is 1. The molecule has 1 aromatic carbocycles. The second-order valence-electron chi connectivity index (χ2n) is 6.03. The average molecular weight is 337 g/mol. The lowest BCUT2D eigenvalue weighted by molar-refractivity contribution is 0.0740. The van der Waals surface area contributed by atoms with Gasteiger partial charge < -0.3 is 19.8 Å². The van der Waals surface area contributed by atoms with Crippen molar-refractivity contribution in [2.45, 2.75) is 13.3 Å². The van der Waals surface area contributed by atoms with Crippen LogP contribution in [0.3, 0.4) is 0 Å². The predicted octanol–water partition coefficient (Wildman–Crippen LogP) is 3.30. The maximum atomic E-state index is 12.5. The fraction of sp³-hybridized carbons (Fsp3) is 0.353. The van der Waals surface area contributed by atoms with Crippen LogP contribution in [0.2, 0.25) is 0 Å². The summed E-state index contributed by atoms with van der Waals surface area (Å²) in [6.45, 7) is 4.06. The number of likely N-dealkylation sites (tertiary alicyclic amines) is 1. The SMILES string of the molecule is CC1(CN)CCN(C(=O)c2ccc(Oc3ccccc3)o2)C1.Cl. The number of para-hydroxylation sites is 1. The van der Waals surface area contributed by atoms with Gasteiger partial charge in [-0.15, -0.1) is 12.4 Å². The molecular formula is C17H21ClN2O3. The lowest BCUT2D eigenvalue weighted by Gasteiger charge is -2.21. The van der Waals surface area contributed by atoms with Crippen LogP contribution in [0.5, 0.6) is 11.7 Å². The number of nitrogens with zero attached hydrogens (tertiary/aromatic N) is 1. The molecule has 0 saturated carbocycles. The van der Waals surface area contributed by atoms with Gasteiger partial charge in [0.25, 0.3) is 11.9 Å². The molecular weight excluding hydrogens is 316 g/mol. The Bertz CT molecular complexity index is 659. The Morgan fingerprint density at radius 1 is 1.30 bits per heavy atom. The molecule has 1 aliphatic rings. The molecule has 1 aliphatic heterocycles. The smallest absolute Gasteiger partial charge is 0.290 e. The summed E-state index contributed by atoms with van der Waals surface area (Å²) in [6, 6.07) is 12.6. The van der Waals surface area contributed by atoms with E-state index in [0.717, 1.165) is 6.42 Å². The molecule has 1 fully saturated rings. The van der Waals surface area contributed by atoms with Gasteiger partial charge in [-0.1, -0.05) is 25.1 Å². The highest BCUT2D eigenvalue weighted by Crippen LogP contribution is 2.30. The molecule has 23 heavy (non-hydrogen) atoms. The van der Waals surface area contributed by atoms with Gasteiger partial charge >= 0.3 is 0 Å². The zero-order chi connectivity index (χ0) is 15.6. The minimum absolute atomic E-state index is 0.